The van der Waals surface area contributed by atoms with Crippen LogP contribution in [0.4, 0.5) is 0 Å². The van der Waals surface area contributed by atoms with Crippen LogP contribution in [0.15, 0.2) is 97.6 Å². The molecule has 192 valence electrons. The first-order valence-corrected chi connectivity index (χ1v) is 12.5. The van der Waals surface area contributed by atoms with Gasteiger partial charge in [-0.2, -0.15) is 0 Å². The van der Waals surface area contributed by atoms with Crippen molar-refractivity contribution in [3.05, 3.63) is 114 Å². The first-order valence-electron chi connectivity index (χ1n) is 12.5. The predicted octanol–water partition coefficient (Wildman–Crippen LogP) is 5.24. The fourth-order valence-electron chi connectivity index (χ4n) is 4.47. The molecule has 0 bridgehead atoms. The third-order valence-electron chi connectivity index (χ3n) is 6.57. The Balaban J connectivity index is 1.37. The van der Waals surface area contributed by atoms with Crippen molar-refractivity contribution in [3.8, 4) is 22.7 Å². The van der Waals surface area contributed by atoms with E-state index in [1.165, 1.54) is 0 Å². The third kappa shape index (κ3) is 5.49. The number of carbonyl (C=O) groups is 1. The zero-order valence-corrected chi connectivity index (χ0v) is 21.7. The number of imidazole rings is 1. The van der Waals surface area contributed by atoms with Crippen LogP contribution in [0.1, 0.15) is 29.8 Å². The second kappa shape index (κ2) is 11.1. The molecule has 5 aromatic rings. The van der Waals surface area contributed by atoms with Crippen molar-refractivity contribution in [2.75, 3.05) is 7.11 Å². The minimum absolute atomic E-state index is 0.0370. The summed E-state index contributed by atoms with van der Waals surface area (Å²) in [6.07, 6.45) is 5.49. The van der Waals surface area contributed by atoms with Gasteiger partial charge in [0.2, 0.25) is 5.91 Å². The van der Waals surface area contributed by atoms with Crippen LogP contribution in [-0.2, 0) is 17.9 Å². The molecule has 0 N–H and O–H groups in total. The van der Waals surface area contributed by atoms with E-state index in [0.29, 0.717) is 18.0 Å². The minimum Gasteiger partial charge on any atom is -0.495 e. The average Bonchev–Trinajstić information content (AvgIpc) is 3.61. The molecule has 8 heteroatoms. The molecule has 0 saturated heterocycles. The van der Waals surface area contributed by atoms with Gasteiger partial charge in [-0.05, 0) is 37.1 Å². The minimum atomic E-state index is -0.101. The van der Waals surface area contributed by atoms with E-state index in [9.17, 15) is 4.79 Å². The Morgan fingerprint density at radius 1 is 1.00 bits per heavy atom. The number of hydrogen-bond donors (Lipinski definition) is 0. The van der Waals surface area contributed by atoms with Gasteiger partial charge in [0.25, 0.3) is 0 Å². The van der Waals surface area contributed by atoms with Crippen LogP contribution in [0.25, 0.3) is 16.9 Å². The van der Waals surface area contributed by atoms with Crippen LogP contribution in [0.5, 0.6) is 5.75 Å². The molecule has 0 aliphatic heterocycles. The lowest BCUT2D eigenvalue weighted by molar-refractivity contribution is -0.135. The normalized spacial score (nSPS) is 11.8. The van der Waals surface area contributed by atoms with Gasteiger partial charge in [-0.3, -0.25) is 4.79 Å². The highest BCUT2D eigenvalue weighted by molar-refractivity contribution is 5.76. The third-order valence-corrected chi connectivity index (χ3v) is 6.57. The zero-order chi connectivity index (χ0) is 26.5. The Labute approximate surface area is 222 Å². The summed E-state index contributed by atoms with van der Waals surface area (Å²) in [7, 11) is 1.64. The number of hydrogen-bond acceptors (Lipinski definition) is 5. The van der Waals surface area contributed by atoms with Crippen molar-refractivity contribution in [2.24, 2.45) is 0 Å². The molecule has 2 aromatic heterocycles. The van der Waals surface area contributed by atoms with Gasteiger partial charge < -0.3 is 14.2 Å². The second-order valence-corrected chi connectivity index (χ2v) is 9.20. The Bertz CT molecular complexity index is 1510. The molecule has 0 aliphatic carbocycles. The van der Waals surface area contributed by atoms with Gasteiger partial charge in [0, 0.05) is 18.3 Å². The summed E-state index contributed by atoms with van der Waals surface area (Å²) < 4.78 is 9.14. The molecule has 3 aromatic carbocycles. The molecule has 0 aliphatic rings. The quantitative estimate of drug-likeness (QED) is 0.273. The van der Waals surface area contributed by atoms with Crippen LogP contribution >= 0.6 is 0 Å². The van der Waals surface area contributed by atoms with Crippen LogP contribution in [-0.4, -0.2) is 42.5 Å². The molecule has 5 rings (SSSR count). The molecular formula is C30H30N6O2. The van der Waals surface area contributed by atoms with E-state index < -0.39 is 0 Å². The molecule has 1 amide bonds. The maximum Gasteiger partial charge on any atom is 0.245 e. The fraction of sp³-hybridized carbons (Fsp3) is 0.200. The Morgan fingerprint density at radius 2 is 1.74 bits per heavy atom. The second-order valence-electron chi connectivity index (χ2n) is 9.20. The smallest absolute Gasteiger partial charge is 0.245 e. The van der Waals surface area contributed by atoms with E-state index in [0.717, 1.165) is 28.1 Å². The topological polar surface area (TPSA) is 78.1 Å². The van der Waals surface area contributed by atoms with Crippen LogP contribution < -0.4 is 4.74 Å². The number of nitrogens with zero attached hydrogens (tertiary/aromatic N) is 6. The Morgan fingerprint density at radius 3 is 2.42 bits per heavy atom. The average molecular weight is 507 g/mol. The van der Waals surface area contributed by atoms with Crippen molar-refractivity contribution in [1.29, 1.82) is 0 Å². The van der Waals surface area contributed by atoms with E-state index in [2.05, 4.69) is 22.2 Å². The molecule has 0 spiro atoms. The standard InChI is InChI=1S/C30H30N6O2/c1-22-17-34(21-31-22)28-15-14-26(16-29(28)38-3)27-19-35(33-32-27)20-30(37)36(18-24-10-6-4-7-11-24)23(2)25-12-8-5-9-13-25/h4-17,19,21,23H,18,20H2,1-3H3/t23-/m0/s1. The lowest BCUT2D eigenvalue weighted by Crippen LogP contribution is -2.35. The van der Waals surface area contributed by atoms with E-state index in [-0.39, 0.29) is 18.5 Å². The largest absolute Gasteiger partial charge is 0.495 e. The Kier molecular flexibility index (Phi) is 7.31. The highest BCUT2D eigenvalue weighted by Crippen LogP contribution is 2.29. The first kappa shape index (κ1) is 25.0. The summed E-state index contributed by atoms with van der Waals surface area (Å²) >= 11 is 0. The molecule has 2 heterocycles. The van der Waals surface area contributed by atoms with Gasteiger partial charge in [-0.15, -0.1) is 5.10 Å². The number of amides is 1. The lowest BCUT2D eigenvalue weighted by atomic mass is 10.1. The maximum absolute atomic E-state index is 13.6. The van der Waals surface area contributed by atoms with Gasteiger partial charge >= 0.3 is 0 Å². The lowest BCUT2D eigenvalue weighted by Gasteiger charge is -2.30. The first-order chi connectivity index (χ1) is 18.5. The van der Waals surface area contributed by atoms with Gasteiger partial charge in [-0.25, -0.2) is 9.67 Å². The molecule has 38 heavy (non-hydrogen) atoms. The molecule has 0 saturated carbocycles. The van der Waals surface area contributed by atoms with Gasteiger partial charge in [0.15, 0.2) is 0 Å². The predicted molar refractivity (Wildman–Crippen MR) is 146 cm³/mol. The highest BCUT2D eigenvalue weighted by atomic mass is 16.5. The Hall–Kier alpha value is -4.72. The van der Waals surface area contributed by atoms with Crippen molar-refractivity contribution in [2.45, 2.75) is 33.0 Å². The summed E-state index contributed by atoms with van der Waals surface area (Å²) in [4.78, 5) is 19.8. The monoisotopic (exact) mass is 506 g/mol. The maximum atomic E-state index is 13.6. The number of ether oxygens (including phenoxy) is 1. The van der Waals surface area contributed by atoms with Gasteiger partial charge in [-0.1, -0.05) is 71.9 Å². The van der Waals surface area contributed by atoms with E-state index in [1.807, 2.05) is 101 Å². The van der Waals surface area contributed by atoms with Crippen LogP contribution in [0, 0.1) is 6.92 Å². The fourth-order valence-corrected chi connectivity index (χ4v) is 4.47. The molecular weight excluding hydrogens is 476 g/mol. The van der Waals surface area contributed by atoms with Crippen molar-refractivity contribution in [1.82, 2.24) is 29.4 Å². The van der Waals surface area contributed by atoms with Crippen molar-refractivity contribution < 1.29 is 9.53 Å². The molecule has 0 radical (unpaired) electrons. The molecule has 8 nitrogen and oxygen atoms in total. The SMILES string of the molecule is COc1cc(-c2cn(CC(=O)N(Cc3ccccc3)[C@@H](C)c3ccccc3)nn2)ccc1-n1cnc(C)c1. The zero-order valence-electron chi connectivity index (χ0n) is 21.7. The summed E-state index contributed by atoms with van der Waals surface area (Å²) in [6, 6.07) is 25.8. The van der Waals surface area contributed by atoms with Crippen LogP contribution in [0.3, 0.4) is 0 Å². The number of rotatable bonds is 9. The molecule has 0 fully saturated rings. The number of aromatic nitrogens is 5. The number of aryl methyl sites for hydroxylation is 1. The number of carbonyl (C=O) groups excluding carboxylic acids is 1. The van der Waals surface area contributed by atoms with E-state index >= 15 is 0 Å². The van der Waals surface area contributed by atoms with Gasteiger partial charge in [0.05, 0.1) is 37.1 Å². The van der Waals surface area contributed by atoms with E-state index in [4.69, 9.17) is 4.74 Å². The molecule has 1 atom stereocenters. The summed E-state index contributed by atoms with van der Waals surface area (Å²) in [5, 5.41) is 8.59. The summed E-state index contributed by atoms with van der Waals surface area (Å²) in [5.41, 5.74) is 5.46. The van der Waals surface area contributed by atoms with Crippen molar-refractivity contribution >= 4 is 5.91 Å². The van der Waals surface area contributed by atoms with Crippen LogP contribution in [0.2, 0.25) is 0 Å². The van der Waals surface area contributed by atoms with E-state index in [1.54, 1.807) is 24.3 Å². The van der Waals surface area contributed by atoms with Gasteiger partial charge in [0.1, 0.15) is 18.0 Å². The van der Waals surface area contributed by atoms with Crippen molar-refractivity contribution in [3.63, 3.8) is 0 Å². The summed E-state index contributed by atoms with van der Waals surface area (Å²) in [5.74, 6) is 0.654. The summed E-state index contributed by atoms with van der Waals surface area (Å²) in [6.45, 7) is 4.58. The number of benzene rings is 3. The highest BCUT2D eigenvalue weighted by Gasteiger charge is 2.23. The molecule has 0 unspecified atom stereocenters. The number of methoxy groups -OCH3 is 1.